The maximum atomic E-state index is 10.9. The van der Waals surface area contributed by atoms with E-state index in [1.54, 1.807) is 0 Å². The van der Waals surface area contributed by atoms with Crippen LogP contribution in [-0.4, -0.2) is 66.2 Å². The van der Waals surface area contributed by atoms with Crippen molar-refractivity contribution in [3.8, 4) is 5.88 Å². The molecule has 0 bridgehead atoms. The Labute approximate surface area is 100 Å². The summed E-state index contributed by atoms with van der Waals surface area (Å²) < 4.78 is 5.81. The minimum atomic E-state index is -1.43. The van der Waals surface area contributed by atoms with Crippen LogP contribution in [0.4, 0.5) is 0 Å². The van der Waals surface area contributed by atoms with Crippen LogP contribution >= 0.6 is 0 Å². The van der Waals surface area contributed by atoms with Crippen LogP contribution in [0.25, 0.3) is 0 Å². The third-order valence-electron chi connectivity index (χ3n) is 2.66. The zero-order chi connectivity index (χ0) is 13.4. The van der Waals surface area contributed by atoms with Crippen LogP contribution < -0.4 is 5.73 Å². The van der Waals surface area contributed by atoms with E-state index in [1.807, 2.05) is 0 Å². The SMILES string of the molecule is NC(=O)c1nnn([C@H]2O[C@@H](CO)[C@H](O)[C@@H]2O)c1O. The monoisotopic (exact) mass is 260 g/mol. The largest absolute Gasteiger partial charge is 0.492 e. The van der Waals surface area contributed by atoms with Crippen LogP contribution in [0.1, 0.15) is 16.7 Å². The molecule has 4 atom stereocenters. The topological polar surface area (TPSA) is 164 Å². The Morgan fingerprint density at radius 1 is 1.44 bits per heavy atom. The van der Waals surface area contributed by atoms with Gasteiger partial charge in [0.2, 0.25) is 11.6 Å². The number of nitrogens with two attached hydrogens (primary N) is 1. The average molecular weight is 260 g/mol. The molecule has 0 spiro atoms. The molecule has 10 nitrogen and oxygen atoms in total. The number of nitrogens with zero attached hydrogens (tertiary/aromatic N) is 3. The lowest BCUT2D eigenvalue weighted by Crippen LogP contribution is -2.33. The number of amides is 1. The van der Waals surface area contributed by atoms with Crippen molar-refractivity contribution in [2.24, 2.45) is 5.73 Å². The maximum Gasteiger partial charge on any atom is 0.274 e. The fraction of sp³-hybridized carbons (Fsp3) is 0.625. The Bertz CT molecular complexity index is 462. The van der Waals surface area contributed by atoms with Gasteiger partial charge in [0.25, 0.3) is 5.91 Å². The second kappa shape index (κ2) is 4.49. The summed E-state index contributed by atoms with van der Waals surface area (Å²) in [6.07, 6.45) is -5.07. The fourth-order valence-corrected chi connectivity index (χ4v) is 1.70. The van der Waals surface area contributed by atoms with E-state index in [-0.39, 0.29) is 0 Å². The summed E-state index contributed by atoms with van der Waals surface area (Å²) in [5.74, 6) is -1.68. The zero-order valence-electron chi connectivity index (χ0n) is 9.04. The van der Waals surface area contributed by atoms with Crippen molar-refractivity contribution >= 4 is 5.91 Å². The standard InChI is InChI=1S/C8H12N4O6/c9-6(16)3-7(17)12(11-10-3)8-5(15)4(14)2(1-13)18-8/h2,4-5,8,13-15,17H,1H2,(H2,9,16)/t2-,4-,5-,8-/m0/s1. The third-order valence-corrected chi connectivity index (χ3v) is 2.66. The number of primary amides is 1. The molecule has 0 saturated carbocycles. The van der Waals surface area contributed by atoms with Crippen molar-refractivity contribution in [2.75, 3.05) is 6.61 Å². The van der Waals surface area contributed by atoms with Crippen LogP contribution in [0, 0.1) is 0 Å². The van der Waals surface area contributed by atoms with Crippen molar-refractivity contribution in [2.45, 2.75) is 24.5 Å². The fourth-order valence-electron chi connectivity index (χ4n) is 1.70. The smallest absolute Gasteiger partial charge is 0.274 e. The van der Waals surface area contributed by atoms with Gasteiger partial charge in [0.15, 0.2) is 6.23 Å². The normalized spacial score (nSPS) is 31.7. The van der Waals surface area contributed by atoms with Crippen LogP contribution in [0.3, 0.4) is 0 Å². The van der Waals surface area contributed by atoms with Gasteiger partial charge in [0.05, 0.1) is 6.61 Å². The second-order valence-electron chi connectivity index (χ2n) is 3.80. The van der Waals surface area contributed by atoms with E-state index < -0.39 is 48.6 Å². The van der Waals surface area contributed by atoms with E-state index in [2.05, 4.69) is 10.3 Å². The molecule has 1 aromatic rings. The molecular weight excluding hydrogens is 248 g/mol. The molecule has 1 aliphatic rings. The maximum absolute atomic E-state index is 10.9. The summed E-state index contributed by atoms with van der Waals surface area (Å²) >= 11 is 0. The number of aromatic hydroxyl groups is 1. The van der Waals surface area contributed by atoms with Gasteiger partial charge in [-0.2, -0.15) is 4.68 Å². The van der Waals surface area contributed by atoms with Crippen molar-refractivity contribution in [3.63, 3.8) is 0 Å². The minimum Gasteiger partial charge on any atom is -0.492 e. The number of hydrogen-bond donors (Lipinski definition) is 5. The molecule has 100 valence electrons. The number of hydrogen-bond acceptors (Lipinski definition) is 8. The lowest BCUT2D eigenvalue weighted by molar-refractivity contribution is -0.0622. The number of aromatic nitrogens is 3. The average Bonchev–Trinajstić information content (AvgIpc) is 2.82. The number of aliphatic hydroxyl groups excluding tert-OH is 3. The van der Waals surface area contributed by atoms with Gasteiger partial charge in [-0.25, -0.2) is 0 Å². The molecule has 0 aliphatic carbocycles. The van der Waals surface area contributed by atoms with Crippen LogP contribution in [0.5, 0.6) is 5.88 Å². The van der Waals surface area contributed by atoms with Gasteiger partial charge in [0, 0.05) is 0 Å². The van der Waals surface area contributed by atoms with Gasteiger partial charge in [-0.15, -0.1) is 5.10 Å². The van der Waals surface area contributed by atoms with Gasteiger partial charge in [-0.1, -0.05) is 5.21 Å². The number of ether oxygens (including phenoxy) is 1. The van der Waals surface area contributed by atoms with Crippen molar-refractivity contribution in [3.05, 3.63) is 5.69 Å². The molecule has 0 radical (unpaired) electrons. The van der Waals surface area contributed by atoms with Crippen LogP contribution in [0.2, 0.25) is 0 Å². The highest BCUT2D eigenvalue weighted by molar-refractivity contribution is 5.92. The molecule has 1 saturated heterocycles. The number of aliphatic hydroxyl groups is 3. The van der Waals surface area contributed by atoms with Gasteiger partial charge >= 0.3 is 0 Å². The predicted octanol–water partition coefficient (Wildman–Crippen LogP) is -3.31. The Balaban J connectivity index is 2.30. The highest BCUT2D eigenvalue weighted by Crippen LogP contribution is 2.31. The first-order valence-electron chi connectivity index (χ1n) is 5.03. The molecule has 6 N–H and O–H groups in total. The lowest BCUT2D eigenvalue weighted by atomic mass is 10.1. The molecule has 10 heteroatoms. The van der Waals surface area contributed by atoms with Gasteiger partial charge in [0.1, 0.15) is 18.3 Å². The number of rotatable bonds is 3. The van der Waals surface area contributed by atoms with Crippen molar-refractivity contribution in [1.29, 1.82) is 0 Å². The Kier molecular flexibility index (Phi) is 3.17. The van der Waals surface area contributed by atoms with E-state index in [4.69, 9.17) is 15.6 Å². The molecule has 2 heterocycles. The second-order valence-corrected chi connectivity index (χ2v) is 3.80. The van der Waals surface area contributed by atoms with Crippen molar-refractivity contribution < 1.29 is 30.0 Å². The van der Waals surface area contributed by atoms with Crippen LogP contribution in [0.15, 0.2) is 0 Å². The Morgan fingerprint density at radius 2 is 2.11 bits per heavy atom. The Hall–Kier alpha value is -1.75. The van der Waals surface area contributed by atoms with E-state index >= 15 is 0 Å². The molecule has 18 heavy (non-hydrogen) atoms. The quantitative estimate of drug-likeness (QED) is 0.377. The van der Waals surface area contributed by atoms with Gasteiger partial charge in [-0.3, -0.25) is 4.79 Å². The summed E-state index contributed by atoms with van der Waals surface area (Å²) in [5.41, 5.74) is 4.46. The first-order chi connectivity index (χ1) is 8.47. The molecular formula is C8H12N4O6. The summed E-state index contributed by atoms with van der Waals surface area (Å²) in [6.45, 7) is -0.521. The molecule has 0 unspecified atom stereocenters. The predicted molar refractivity (Wildman–Crippen MR) is 53.2 cm³/mol. The van der Waals surface area contributed by atoms with E-state index in [1.165, 1.54) is 0 Å². The van der Waals surface area contributed by atoms with Crippen molar-refractivity contribution in [1.82, 2.24) is 15.0 Å². The number of carbonyl (C=O) groups is 1. The molecule has 1 aliphatic heterocycles. The first-order valence-corrected chi connectivity index (χ1v) is 5.03. The zero-order valence-corrected chi connectivity index (χ0v) is 9.04. The summed E-state index contributed by atoms with van der Waals surface area (Å²) in [4.78, 5) is 10.9. The van der Waals surface area contributed by atoms with Gasteiger partial charge < -0.3 is 30.9 Å². The molecule has 1 fully saturated rings. The molecule has 0 aromatic carbocycles. The Morgan fingerprint density at radius 3 is 2.56 bits per heavy atom. The van der Waals surface area contributed by atoms with Gasteiger partial charge in [-0.05, 0) is 0 Å². The lowest BCUT2D eigenvalue weighted by Gasteiger charge is -2.14. The number of carbonyl (C=O) groups excluding carboxylic acids is 1. The summed E-state index contributed by atoms with van der Waals surface area (Å²) in [7, 11) is 0. The highest BCUT2D eigenvalue weighted by Gasteiger charge is 2.45. The molecule has 2 rings (SSSR count). The highest BCUT2D eigenvalue weighted by atomic mass is 16.6. The summed E-state index contributed by atoms with van der Waals surface area (Å²) in [6, 6.07) is 0. The first kappa shape index (κ1) is 12.7. The molecule has 1 aromatic heterocycles. The van der Waals surface area contributed by atoms with E-state index in [0.717, 1.165) is 0 Å². The summed E-state index contributed by atoms with van der Waals surface area (Å²) in [5, 5.41) is 44.5. The molecule has 1 amide bonds. The van der Waals surface area contributed by atoms with E-state index in [9.17, 15) is 20.1 Å². The van der Waals surface area contributed by atoms with Crippen LogP contribution in [-0.2, 0) is 4.74 Å². The van der Waals surface area contributed by atoms with E-state index in [0.29, 0.717) is 4.68 Å². The minimum absolute atomic E-state index is 0.479. The third kappa shape index (κ3) is 1.80.